The predicted molar refractivity (Wildman–Crippen MR) is 58.0 cm³/mol. The third-order valence-electron chi connectivity index (χ3n) is 2.68. The summed E-state index contributed by atoms with van der Waals surface area (Å²) in [5, 5.41) is 0.0191. The molecule has 0 spiro atoms. The molecule has 0 unspecified atom stereocenters. The monoisotopic (exact) mass is 265 g/mol. The van der Waals surface area contributed by atoms with E-state index < -0.39 is 11.7 Å². The van der Waals surface area contributed by atoms with E-state index in [0.717, 1.165) is 12.1 Å². The first-order chi connectivity index (χ1) is 7.91. The summed E-state index contributed by atoms with van der Waals surface area (Å²) in [6, 6.07) is 2.00. The molecular formula is C11H11ClF3NO. The van der Waals surface area contributed by atoms with Gasteiger partial charge in [0.2, 0.25) is 0 Å². The van der Waals surface area contributed by atoms with Gasteiger partial charge >= 0.3 is 6.18 Å². The largest absolute Gasteiger partial charge is 0.476 e. The van der Waals surface area contributed by atoms with Crippen LogP contribution in [-0.4, -0.2) is 18.2 Å². The first kappa shape index (κ1) is 12.5. The first-order valence-corrected chi connectivity index (χ1v) is 5.54. The van der Waals surface area contributed by atoms with Crippen molar-refractivity contribution in [2.45, 2.75) is 19.6 Å². The Kier molecular flexibility index (Phi) is 3.23. The Morgan fingerprint density at radius 2 is 2.12 bits per heavy atom. The van der Waals surface area contributed by atoms with Crippen LogP contribution in [0.25, 0.3) is 0 Å². The molecule has 17 heavy (non-hydrogen) atoms. The normalized spacial score (nSPS) is 16.5. The minimum Gasteiger partial charge on any atom is -0.476 e. The summed E-state index contributed by atoms with van der Waals surface area (Å²) in [5.74, 6) is 0.365. The van der Waals surface area contributed by atoms with E-state index in [9.17, 15) is 13.2 Å². The van der Waals surface area contributed by atoms with Crippen LogP contribution in [0.5, 0.6) is 5.75 Å². The summed E-state index contributed by atoms with van der Waals surface area (Å²) in [6.45, 7) is 3.42. The number of hydrogen-bond donors (Lipinski definition) is 0. The maximum Gasteiger partial charge on any atom is 0.416 e. The zero-order chi connectivity index (χ0) is 12.6. The van der Waals surface area contributed by atoms with E-state index in [0.29, 0.717) is 31.1 Å². The van der Waals surface area contributed by atoms with Gasteiger partial charge in [0.05, 0.1) is 10.6 Å². The molecule has 0 radical (unpaired) electrons. The summed E-state index contributed by atoms with van der Waals surface area (Å²) < 4.78 is 43.2. The van der Waals surface area contributed by atoms with Crippen LogP contribution in [0, 0.1) is 0 Å². The third kappa shape index (κ3) is 2.50. The third-order valence-corrected chi connectivity index (χ3v) is 2.96. The van der Waals surface area contributed by atoms with Gasteiger partial charge in [0.1, 0.15) is 12.5 Å². The zero-order valence-corrected chi connectivity index (χ0v) is 9.90. The van der Waals surface area contributed by atoms with Crippen molar-refractivity contribution in [3.8, 4) is 5.75 Å². The summed E-state index contributed by atoms with van der Waals surface area (Å²) in [7, 11) is 0. The molecule has 1 aromatic carbocycles. The zero-order valence-electron chi connectivity index (χ0n) is 9.14. The van der Waals surface area contributed by atoms with Crippen molar-refractivity contribution >= 4 is 11.6 Å². The lowest BCUT2D eigenvalue weighted by molar-refractivity contribution is -0.137. The number of halogens is 4. The Morgan fingerprint density at radius 3 is 2.71 bits per heavy atom. The molecule has 1 heterocycles. The second-order valence-corrected chi connectivity index (χ2v) is 4.27. The minimum absolute atomic E-state index is 0.0191. The first-order valence-electron chi connectivity index (χ1n) is 5.16. The molecule has 0 aliphatic carbocycles. The Morgan fingerprint density at radius 1 is 1.41 bits per heavy atom. The van der Waals surface area contributed by atoms with Crippen LogP contribution in [0.4, 0.5) is 13.2 Å². The number of rotatable bonds is 1. The summed E-state index contributed by atoms with van der Waals surface area (Å²) >= 11 is 5.80. The molecule has 0 bridgehead atoms. The van der Waals surface area contributed by atoms with Crippen molar-refractivity contribution in [3.63, 3.8) is 0 Å². The van der Waals surface area contributed by atoms with E-state index in [1.165, 1.54) is 0 Å². The fourth-order valence-corrected chi connectivity index (χ4v) is 2.03. The summed E-state index contributed by atoms with van der Waals surface area (Å²) in [4.78, 5) is 1.89. The van der Waals surface area contributed by atoms with Crippen LogP contribution >= 0.6 is 11.6 Å². The highest BCUT2D eigenvalue weighted by atomic mass is 35.5. The van der Waals surface area contributed by atoms with Crippen molar-refractivity contribution in [1.82, 2.24) is 4.90 Å². The van der Waals surface area contributed by atoms with Gasteiger partial charge in [0.25, 0.3) is 0 Å². The number of fused-ring (bicyclic) bond motifs is 1. The van der Waals surface area contributed by atoms with Gasteiger partial charge in [-0.2, -0.15) is 13.2 Å². The number of benzene rings is 1. The summed E-state index contributed by atoms with van der Waals surface area (Å²) in [5.41, 5.74) is -0.249. The van der Waals surface area contributed by atoms with Crippen molar-refractivity contribution in [1.29, 1.82) is 0 Å². The maximum absolute atomic E-state index is 12.6. The van der Waals surface area contributed by atoms with Crippen LogP contribution < -0.4 is 4.74 Å². The SMILES string of the molecule is CCN1COc2c(Cl)cc(C(F)(F)F)cc2C1. The van der Waals surface area contributed by atoms with E-state index in [1.807, 2.05) is 11.8 Å². The smallest absolute Gasteiger partial charge is 0.416 e. The van der Waals surface area contributed by atoms with Crippen molar-refractivity contribution in [2.75, 3.05) is 13.3 Å². The standard InChI is InChI=1S/C11H11ClF3NO/c1-2-16-5-7-3-8(11(13,14)15)4-9(12)10(7)17-6-16/h3-4H,2,5-6H2,1H3. The Labute approximate surface area is 102 Å². The molecule has 0 atom stereocenters. The molecule has 1 aliphatic heterocycles. The molecule has 0 saturated carbocycles. The van der Waals surface area contributed by atoms with Crippen LogP contribution in [0.2, 0.25) is 5.02 Å². The molecule has 0 fully saturated rings. The molecule has 6 heteroatoms. The molecule has 2 rings (SSSR count). The van der Waals surface area contributed by atoms with Gasteiger partial charge in [0, 0.05) is 12.1 Å². The average molecular weight is 266 g/mol. The van der Waals surface area contributed by atoms with Crippen molar-refractivity contribution in [2.24, 2.45) is 0 Å². The average Bonchev–Trinajstić information content (AvgIpc) is 2.27. The van der Waals surface area contributed by atoms with Gasteiger partial charge in [-0.15, -0.1) is 0 Å². The lowest BCUT2D eigenvalue weighted by Gasteiger charge is -2.29. The molecule has 0 aromatic heterocycles. The Hall–Kier alpha value is -0.940. The maximum atomic E-state index is 12.6. The van der Waals surface area contributed by atoms with E-state index in [-0.39, 0.29) is 5.02 Å². The van der Waals surface area contributed by atoms with Crippen LogP contribution in [-0.2, 0) is 12.7 Å². The highest BCUT2D eigenvalue weighted by Crippen LogP contribution is 2.39. The number of alkyl halides is 3. The van der Waals surface area contributed by atoms with Crippen molar-refractivity contribution in [3.05, 3.63) is 28.3 Å². The van der Waals surface area contributed by atoms with Gasteiger partial charge in [-0.05, 0) is 18.7 Å². The van der Waals surface area contributed by atoms with E-state index in [4.69, 9.17) is 16.3 Å². The highest BCUT2D eigenvalue weighted by Gasteiger charge is 2.33. The van der Waals surface area contributed by atoms with Crippen LogP contribution in [0.3, 0.4) is 0 Å². The molecular weight excluding hydrogens is 255 g/mol. The van der Waals surface area contributed by atoms with Gasteiger partial charge in [-0.25, -0.2) is 0 Å². The van der Waals surface area contributed by atoms with Gasteiger partial charge < -0.3 is 4.74 Å². The molecule has 1 aromatic rings. The number of nitrogens with zero attached hydrogens (tertiary/aromatic N) is 1. The second kappa shape index (κ2) is 4.38. The van der Waals surface area contributed by atoms with Gasteiger partial charge in [-0.3, -0.25) is 4.90 Å². The fraction of sp³-hybridized carbons (Fsp3) is 0.455. The minimum atomic E-state index is -4.38. The van der Waals surface area contributed by atoms with E-state index in [1.54, 1.807) is 0 Å². The van der Waals surface area contributed by atoms with Crippen molar-refractivity contribution < 1.29 is 17.9 Å². The molecule has 94 valence electrons. The molecule has 0 amide bonds. The lowest BCUT2D eigenvalue weighted by atomic mass is 10.1. The van der Waals surface area contributed by atoms with Gasteiger partial charge in [0.15, 0.2) is 0 Å². The topological polar surface area (TPSA) is 12.5 Å². The van der Waals surface area contributed by atoms with Crippen LogP contribution in [0.1, 0.15) is 18.1 Å². The highest BCUT2D eigenvalue weighted by molar-refractivity contribution is 6.32. The van der Waals surface area contributed by atoms with Gasteiger partial charge in [-0.1, -0.05) is 18.5 Å². The molecule has 1 aliphatic rings. The number of hydrogen-bond acceptors (Lipinski definition) is 2. The molecule has 0 N–H and O–H groups in total. The van der Waals surface area contributed by atoms with E-state index in [2.05, 4.69) is 0 Å². The Bertz CT molecular complexity index is 433. The second-order valence-electron chi connectivity index (χ2n) is 3.86. The fourth-order valence-electron chi connectivity index (χ4n) is 1.74. The Balaban J connectivity index is 2.42. The lowest BCUT2D eigenvalue weighted by Crippen LogP contribution is -2.32. The number of ether oxygens (including phenoxy) is 1. The molecule has 2 nitrogen and oxygen atoms in total. The van der Waals surface area contributed by atoms with E-state index >= 15 is 0 Å². The van der Waals surface area contributed by atoms with Crippen LogP contribution in [0.15, 0.2) is 12.1 Å². The molecule has 0 saturated heterocycles. The quantitative estimate of drug-likeness (QED) is 0.770. The summed E-state index contributed by atoms with van der Waals surface area (Å²) in [6.07, 6.45) is -4.38. The predicted octanol–water partition coefficient (Wildman–Crippen LogP) is 3.53.